The lowest BCUT2D eigenvalue weighted by atomic mass is 9.88. The number of benzene rings is 1. The highest BCUT2D eigenvalue weighted by molar-refractivity contribution is 6.34. The van der Waals surface area contributed by atoms with Gasteiger partial charge < -0.3 is 15.2 Å². The summed E-state index contributed by atoms with van der Waals surface area (Å²) in [5.41, 5.74) is 2.18. The van der Waals surface area contributed by atoms with Crippen molar-refractivity contribution in [3.63, 3.8) is 0 Å². The number of carbonyl (C=O) groups is 2. The minimum absolute atomic E-state index is 0.158. The van der Waals surface area contributed by atoms with Gasteiger partial charge in [0.25, 0.3) is 0 Å². The molecule has 7 nitrogen and oxygen atoms in total. The van der Waals surface area contributed by atoms with E-state index in [1.807, 2.05) is 24.3 Å². The number of anilines is 1. The highest BCUT2D eigenvalue weighted by atomic mass is 35.5. The summed E-state index contributed by atoms with van der Waals surface area (Å²) < 4.78 is 5.20. The monoisotopic (exact) mass is 413 g/mol. The summed E-state index contributed by atoms with van der Waals surface area (Å²) in [6, 6.07) is 9.33. The molecule has 2 amide bonds. The fraction of sp³-hybridized carbons (Fsp3) is 0.381. The molecule has 2 aromatic rings. The summed E-state index contributed by atoms with van der Waals surface area (Å²) in [5.74, 6) is 0.155. The first kappa shape index (κ1) is 18.4. The first-order valence-corrected chi connectivity index (χ1v) is 10.1. The van der Waals surface area contributed by atoms with E-state index in [9.17, 15) is 14.7 Å². The van der Waals surface area contributed by atoms with Gasteiger partial charge in [0.2, 0.25) is 5.91 Å². The van der Waals surface area contributed by atoms with Crippen molar-refractivity contribution in [2.24, 2.45) is 0 Å². The number of nitrogens with one attached hydrogen (secondary N) is 1. The van der Waals surface area contributed by atoms with Crippen molar-refractivity contribution in [1.29, 1.82) is 0 Å². The number of piperidine rings is 1. The van der Waals surface area contributed by atoms with Crippen LogP contribution in [0.4, 0.5) is 10.6 Å². The molecule has 3 fully saturated rings. The number of hydrogen-bond acceptors (Lipinski definition) is 5. The lowest BCUT2D eigenvalue weighted by molar-refractivity contribution is -0.127. The highest BCUT2D eigenvalue weighted by Crippen LogP contribution is 2.48. The second-order valence-corrected chi connectivity index (χ2v) is 8.26. The molecule has 1 aromatic heterocycles. The number of aliphatic hydroxyl groups is 1. The van der Waals surface area contributed by atoms with E-state index in [4.69, 9.17) is 16.3 Å². The maximum atomic E-state index is 12.1. The van der Waals surface area contributed by atoms with Crippen molar-refractivity contribution in [2.45, 2.75) is 43.4 Å². The smallest absolute Gasteiger partial charge is 0.416 e. The van der Waals surface area contributed by atoms with E-state index in [-0.39, 0.29) is 23.5 Å². The van der Waals surface area contributed by atoms with Crippen LogP contribution in [-0.4, -0.2) is 40.5 Å². The van der Waals surface area contributed by atoms with Crippen LogP contribution in [-0.2, 0) is 9.53 Å². The van der Waals surface area contributed by atoms with Crippen molar-refractivity contribution in [2.75, 3.05) is 11.5 Å². The van der Waals surface area contributed by atoms with E-state index >= 15 is 0 Å². The molecular formula is C21H20ClN3O4. The van der Waals surface area contributed by atoms with Gasteiger partial charge in [-0.15, -0.1) is 0 Å². The number of nitrogens with zero attached hydrogens (tertiary/aromatic N) is 2. The lowest BCUT2D eigenvalue weighted by Crippen LogP contribution is -2.43. The summed E-state index contributed by atoms with van der Waals surface area (Å²) in [5, 5.41) is 13.4. The second kappa shape index (κ2) is 6.71. The van der Waals surface area contributed by atoms with Crippen molar-refractivity contribution in [3.8, 4) is 11.1 Å². The van der Waals surface area contributed by atoms with Gasteiger partial charge in [0.1, 0.15) is 18.7 Å². The molecule has 5 rings (SSSR count). The maximum absolute atomic E-state index is 12.1. The van der Waals surface area contributed by atoms with Crippen LogP contribution in [0.3, 0.4) is 0 Å². The average molecular weight is 414 g/mol. The third-order valence-corrected chi connectivity index (χ3v) is 6.46. The third-order valence-electron chi connectivity index (χ3n) is 6.04. The maximum Gasteiger partial charge on any atom is 0.416 e. The Morgan fingerprint density at radius 3 is 2.76 bits per heavy atom. The molecule has 3 heterocycles. The fourth-order valence-electron chi connectivity index (χ4n) is 4.21. The van der Waals surface area contributed by atoms with Gasteiger partial charge in [-0.25, -0.2) is 9.78 Å². The Labute approximate surface area is 172 Å². The molecule has 29 heavy (non-hydrogen) atoms. The molecule has 0 bridgehead atoms. The molecule has 150 valence electrons. The molecule has 1 aromatic carbocycles. The molecule has 2 N–H and O–H groups in total. The van der Waals surface area contributed by atoms with E-state index in [0.29, 0.717) is 30.3 Å². The molecule has 2 atom stereocenters. The number of rotatable bonds is 3. The van der Waals surface area contributed by atoms with Crippen LogP contribution < -0.4 is 10.2 Å². The largest absolute Gasteiger partial charge is 0.447 e. The zero-order valence-electron chi connectivity index (χ0n) is 15.6. The summed E-state index contributed by atoms with van der Waals surface area (Å²) in [4.78, 5) is 29.7. The summed E-state index contributed by atoms with van der Waals surface area (Å²) >= 11 is 6.69. The van der Waals surface area contributed by atoms with Crippen LogP contribution in [0.25, 0.3) is 11.1 Å². The van der Waals surface area contributed by atoms with E-state index < -0.39 is 6.23 Å². The number of carbonyl (C=O) groups excluding carboxylic acids is 2. The standard InChI is InChI=1S/C21H20ClN3O4/c22-18-13(2-1-3-14(18)15-5-7-17(26)24-19(15)27)12-4-6-16(23-10-12)25-20(28)29-11-21(25)8-9-21/h1-4,6,10,15,19,27H,5,7-9,11H2,(H,24,26). The van der Waals surface area contributed by atoms with Crippen LogP contribution in [0.15, 0.2) is 36.5 Å². The number of cyclic esters (lactones) is 1. The molecule has 2 aliphatic heterocycles. The van der Waals surface area contributed by atoms with Crippen LogP contribution in [0.5, 0.6) is 0 Å². The van der Waals surface area contributed by atoms with Gasteiger partial charge in [-0.05, 0) is 37.0 Å². The topological polar surface area (TPSA) is 91.8 Å². The second-order valence-electron chi connectivity index (χ2n) is 7.89. The summed E-state index contributed by atoms with van der Waals surface area (Å²) in [6.07, 6.45) is 3.13. The van der Waals surface area contributed by atoms with Crippen molar-refractivity contribution < 1.29 is 19.4 Å². The molecule has 2 unspecified atom stereocenters. The highest BCUT2D eigenvalue weighted by Gasteiger charge is 2.57. The van der Waals surface area contributed by atoms with Crippen molar-refractivity contribution >= 4 is 29.4 Å². The molecule has 8 heteroatoms. The number of hydrogen-bond donors (Lipinski definition) is 2. The van der Waals surface area contributed by atoms with Gasteiger partial charge in [0.05, 0.1) is 10.6 Å². The van der Waals surface area contributed by atoms with E-state index in [1.54, 1.807) is 17.2 Å². The number of halogens is 1. The normalized spacial score (nSPS) is 25.1. The molecule has 1 spiro atoms. The number of pyridine rings is 1. The summed E-state index contributed by atoms with van der Waals surface area (Å²) in [7, 11) is 0. The Morgan fingerprint density at radius 1 is 1.24 bits per heavy atom. The van der Waals surface area contributed by atoms with E-state index in [1.165, 1.54) is 0 Å². The molecule has 2 saturated heterocycles. The van der Waals surface area contributed by atoms with E-state index in [0.717, 1.165) is 29.5 Å². The molecular weight excluding hydrogens is 394 g/mol. The predicted molar refractivity (Wildman–Crippen MR) is 107 cm³/mol. The summed E-state index contributed by atoms with van der Waals surface area (Å²) in [6.45, 7) is 0.420. The Hall–Kier alpha value is -2.64. The molecule has 1 saturated carbocycles. The van der Waals surface area contributed by atoms with Gasteiger partial charge >= 0.3 is 6.09 Å². The Balaban J connectivity index is 1.44. The van der Waals surface area contributed by atoms with Gasteiger partial charge in [-0.3, -0.25) is 9.69 Å². The molecule has 1 aliphatic carbocycles. The predicted octanol–water partition coefficient (Wildman–Crippen LogP) is 3.20. The van der Waals surface area contributed by atoms with Crippen LogP contribution >= 0.6 is 11.6 Å². The zero-order chi connectivity index (χ0) is 20.2. The zero-order valence-corrected chi connectivity index (χ0v) is 16.4. The number of amides is 2. The SMILES string of the molecule is O=C1CCC(c2cccc(-c3ccc(N4C(=O)OCC45CC5)nc3)c2Cl)C(O)N1. The minimum atomic E-state index is -0.958. The fourth-order valence-corrected chi connectivity index (χ4v) is 4.59. The van der Waals surface area contributed by atoms with Crippen LogP contribution in [0, 0.1) is 0 Å². The lowest BCUT2D eigenvalue weighted by Gasteiger charge is -2.29. The Morgan fingerprint density at radius 2 is 2.07 bits per heavy atom. The number of ether oxygens (including phenoxy) is 1. The van der Waals surface area contributed by atoms with Crippen molar-refractivity contribution in [1.82, 2.24) is 10.3 Å². The quantitative estimate of drug-likeness (QED) is 0.806. The average Bonchev–Trinajstić information content (AvgIpc) is 3.41. The number of aliphatic hydroxyl groups excluding tert-OH is 1. The Bertz CT molecular complexity index is 990. The van der Waals surface area contributed by atoms with Gasteiger partial charge in [-0.1, -0.05) is 29.8 Å². The third kappa shape index (κ3) is 3.05. The molecule has 3 aliphatic rings. The number of aromatic nitrogens is 1. The van der Waals surface area contributed by atoms with Crippen molar-refractivity contribution in [3.05, 3.63) is 47.1 Å². The van der Waals surface area contributed by atoms with Gasteiger partial charge in [-0.2, -0.15) is 0 Å². The van der Waals surface area contributed by atoms with Crippen LogP contribution in [0.2, 0.25) is 5.02 Å². The Kier molecular flexibility index (Phi) is 4.26. The van der Waals surface area contributed by atoms with Crippen LogP contribution in [0.1, 0.15) is 37.2 Å². The first-order chi connectivity index (χ1) is 14.0. The first-order valence-electron chi connectivity index (χ1n) is 9.68. The minimum Gasteiger partial charge on any atom is -0.447 e. The van der Waals surface area contributed by atoms with E-state index in [2.05, 4.69) is 10.3 Å². The van der Waals surface area contributed by atoms with Gasteiger partial charge in [0.15, 0.2) is 0 Å². The molecule has 0 radical (unpaired) electrons. The van der Waals surface area contributed by atoms with Gasteiger partial charge in [0, 0.05) is 29.7 Å².